The van der Waals surface area contributed by atoms with E-state index >= 15 is 0 Å². The number of rotatable bonds is 6. The van der Waals surface area contributed by atoms with Crippen LogP contribution in [-0.2, 0) is 7.05 Å². The van der Waals surface area contributed by atoms with Crippen LogP contribution in [0.25, 0.3) is 0 Å². The van der Waals surface area contributed by atoms with Gasteiger partial charge in [0.25, 0.3) is 0 Å². The van der Waals surface area contributed by atoms with Gasteiger partial charge in [-0.3, -0.25) is 0 Å². The molecule has 22 heavy (non-hydrogen) atoms. The topological polar surface area (TPSA) is 48.3 Å². The Morgan fingerprint density at radius 3 is 2.32 bits per heavy atom. The van der Waals surface area contributed by atoms with Gasteiger partial charge in [0.1, 0.15) is 11.6 Å². The molecule has 0 saturated heterocycles. The summed E-state index contributed by atoms with van der Waals surface area (Å²) in [6.45, 7) is 3.90. The van der Waals surface area contributed by atoms with Crippen LogP contribution in [0.15, 0.2) is 24.5 Å². The molecule has 0 aliphatic carbocycles. The minimum Gasteiger partial charge on any atom is -0.493 e. The third-order valence-electron chi connectivity index (χ3n) is 3.72. The minimum absolute atomic E-state index is 0.0116. The molecule has 0 fully saturated rings. The summed E-state index contributed by atoms with van der Waals surface area (Å²) in [5.41, 5.74) is 0.527. The van der Waals surface area contributed by atoms with Crippen LogP contribution >= 0.6 is 0 Å². The Balaban J connectivity index is 2.22. The fourth-order valence-corrected chi connectivity index (χ4v) is 2.54. The van der Waals surface area contributed by atoms with E-state index in [1.54, 1.807) is 12.3 Å². The molecule has 2 rings (SSSR count). The lowest BCUT2D eigenvalue weighted by atomic mass is 10.1. The SMILES string of the molecule is COc1cc(F)c(C(C)NC(C)c2nccn2C)cc1OC. The maximum absolute atomic E-state index is 14.3. The predicted molar refractivity (Wildman–Crippen MR) is 82.7 cm³/mol. The Bertz CT molecular complexity index is 642. The average molecular weight is 307 g/mol. The quantitative estimate of drug-likeness (QED) is 0.891. The number of nitrogens with zero attached hydrogens (tertiary/aromatic N) is 2. The summed E-state index contributed by atoms with van der Waals surface area (Å²) >= 11 is 0. The van der Waals surface area contributed by atoms with Crippen LogP contribution in [0.5, 0.6) is 11.5 Å². The molecule has 1 aromatic carbocycles. The van der Waals surface area contributed by atoms with Crippen molar-refractivity contribution in [3.8, 4) is 11.5 Å². The van der Waals surface area contributed by atoms with Gasteiger partial charge in [-0.1, -0.05) is 0 Å². The van der Waals surface area contributed by atoms with Crippen molar-refractivity contribution in [1.29, 1.82) is 0 Å². The summed E-state index contributed by atoms with van der Waals surface area (Å²) in [7, 11) is 4.96. The van der Waals surface area contributed by atoms with E-state index in [1.165, 1.54) is 20.3 Å². The lowest BCUT2D eigenvalue weighted by Gasteiger charge is -2.21. The van der Waals surface area contributed by atoms with Crippen molar-refractivity contribution < 1.29 is 13.9 Å². The lowest BCUT2D eigenvalue weighted by molar-refractivity contribution is 0.349. The van der Waals surface area contributed by atoms with E-state index in [0.717, 1.165) is 5.82 Å². The van der Waals surface area contributed by atoms with E-state index in [1.807, 2.05) is 31.7 Å². The molecule has 1 heterocycles. The van der Waals surface area contributed by atoms with E-state index in [0.29, 0.717) is 17.1 Å². The molecule has 1 aromatic heterocycles. The van der Waals surface area contributed by atoms with Gasteiger partial charge >= 0.3 is 0 Å². The Kier molecular flexibility index (Phi) is 5.03. The van der Waals surface area contributed by atoms with Gasteiger partial charge in [-0.05, 0) is 19.9 Å². The fraction of sp³-hybridized carbons (Fsp3) is 0.438. The summed E-state index contributed by atoms with van der Waals surface area (Å²) in [5, 5.41) is 3.35. The lowest BCUT2D eigenvalue weighted by Crippen LogP contribution is -2.25. The van der Waals surface area contributed by atoms with Crippen molar-refractivity contribution in [2.24, 2.45) is 7.05 Å². The van der Waals surface area contributed by atoms with Crippen molar-refractivity contribution in [2.45, 2.75) is 25.9 Å². The predicted octanol–water partition coefficient (Wildman–Crippen LogP) is 2.99. The normalized spacial score (nSPS) is 13.7. The van der Waals surface area contributed by atoms with Gasteiger partial charge in [0.2, 0.25) is 0 Å². The van der Waals surface area contributed by atoms with Gasteiger partial charge in [-0.25, -0.2) is 9.37 Å². The fourth-order valence-electron chi connectivity index (χ4n) is 2.54. The van der Waals surface area contributed by atoms with Crippen LogP contribution in [-0.4, -0.2) is 23.8 Å². The summed E-state index contributed by atoms with van der Waals surface area (Å²) < 4.78 is 26.6. The Morgan fingerprint density at radius 2 is 1.77 bits per heavy atom. The standard InChI is InChI=1S/C16H22FN3O2/c1-10(19-11(2)16-18-6-7-20(16)3)12-8-14(21-4)15(22-5)9-13(12)17/h6-11,19H,1-5H3. The summed E-state index contributed by atoms with van der Waals surface area (Å²) in [5.74, 6) is 1.46. The zero-order valence-electron chi connectivity index (χ0n) is 13.6. The number of nitrogens with one attached hydrogen (secondary N) is 1. The number of methoxy groups -OCH3 is 2. The number of hydrogen-bond acceptors (Lipinski definition) is 4. The Hall–Kier alpha value is -2.08. The Morgan fingerprint density at radius 1 is 1.14 bits per heavy atom. The molecule has 2 unspecified atom stereocenters. The van der Waals surface area contributed by atoms with Gasteiger partial charge in [-0.15, -0.1) is 0 Å². The second-order valence-corrected chi connectivity index (χ2v) is 5.24. The molecule has 5 nitrogen and oxygen atoms in total. The Labute approximate surface area is 130 Å². The van der Waals surface area contributed by atoms with Gasteiger partial charge in [0, 0.05) is 37.1 Å². The van der Waals surface area contributed by atoms with Crippen molar-refractivity contribution >= 4 is 0 Å². The van der Waals surface area contributed by atoms with Crippen LogP contribution < -0.4 is 14.8 Å². The van der Waals surface area contributed by atoms with E-state index in [2.05, 4.69) is 10.3 Å². The number of aromatic nitrogens is 2. The summed E-state index contributed by atoms with van der Waals surface area (Å²) in [6.07, 6.45) is 3.63. The average Bonchev–Trinajstić information content (AvgIpc) is 2.92. The highest BCUT2D eigenvalue weighted by molar-refractivity contribution is 5.44. The van der Waals surface area contributed by atoms with Crippen LogP contribution in [0.4, 0.5) is 4.39 Å². The van der Waals surface area contributed by atoms with Crippen molar-refractivity contribution in [3.63, 3.8) is 0 Å². The molecule has 0 radical (unpaired) electrons. The first-order chi connectivity index (χ1) is 10.5. The molecule has 0 amide bonds. The van der Waals surface area contributed by atoms with Crippen molar-refractivity contribution in [3.05, 3.63) is 41.7 Å². The number of ether oxygens (including phenoxy) is 2. The monoisotopic (exact) mass is 307 g/mol. The van der Waals surface area contributed by atoms with Crippen LogP contribution in [0.2, 0.25) is 0 Å². The molecular weight excluding hydrogens is 285 g/mol. The summed E-state index contributed by atoms with van der Waals surface area (Å²) in [4.78, 5) is 4.31. The third-order valence-corrected chi connectivity index (χ3v) is 3.72. The zero-order chi connectivity index (χ0) is 16.3. The maximum atomic E-state index is 14.3. The molecule has 1 N–H and O–H groups in total. The van der Waals surface area contributed by atoms with Gasteiger partial charge < -0.3 is 19.4 Å². The number of halogens is 1. The van der Waals surface area contributed by atoms with Crippen molar-refractivity contribution in [2.75, 3.05) is 14.2 Å². The molecule has 120 valence electrons. The highest BCUT2D eigenvalue weighted by Gasteiger charge is 2.19. The number of benzene rings is 1. The number of imidazole rings is 1. The van der Waals surface area contributed by atoms with Crippen molar-refractivity contribution in [1.82, 2.24) is 14.9 Å². The van der Waals surface area contributed by atoms with Gasteiger partial charge in [-0.2, -0.15) is 0 Å². The largest absolute Gasteiger partial charge is 0.493 e. The highest BCUT2D eigenvalue weighted by Crippen LogP contribution is 2.33. The second kappa shape index (κ2) is 6.79. The minimum atomic E-state index is -0.329. The zero-order valence-corrected chi connectivity index (χ0v) is 13.6. The summed E-state index contributed by atoms with van der Waals surface area (Å²) in [6, 6.07) is 2.79. The molecule has 0 saturated carbocycles. The van der Waals surface area contributed by atoms with Crippen LogP contribution in [0.3, 0.4) is 0 Å². The van der Waals surface area contributed by atoms with Crippen LogP contribution in [0.1, 0.15) is 37.3 Å². The molecule has 6 heteroatoms. The third kappa shape index (κ3) is 3.22. The molecular formula is C16H22FN3O2. The number of aryl methyl sites for hydroxylation is 1. The van der Waals surface area contributed by atoms with E-state index in [4.69, 9.17) is 9.47 Å². The van der Waals surface area contributed by atoms with Gasteiger partial charge in [0.15, 0.2) is 11.5 Å². The molecule has 2 atom stereocenters. The first-order valence-electron chi connectivity index (χ1n) is 7.12. The van der Waals surface area contributed by atoms with E-state index < -0.39 is 0 Å². The van der Waals surface area contributed by atoms with E-state index in [9.17, 15) is 4.39 Å². The maximum Gasteiger partial charge on any atom is 0.163 e. The second-order valence-electron chi connectivity index (χ2n) is 5.24. The molecule has 2 aromatic rings. The molecule has 0 bridgehead atoms. The van der Waals surface area contributed by atoms with E-state index in [-0.39, 0.29) is 17.9 Å². The highest BCUT2D eigenvalue weighted by atomic mass is 19.1. The number of hydrogen-bond donors (Lipinski definition) is 1. The smallest absolute Gasteiger partial charge is 0.163 e. The molecule has 0 aliphatic rings. The first-order valence-corrected chi connectivity index (χ1v) is 7.12. The van der Waals surface area contributed by atoms with Crippen LogP contribution in [0, 0.1) is 5.82 Å². The first kappa shape index (κ1) is 16.3. The molecule has 0 aliphatic heterocycles. The molecule has 0 spiro atoms. The van der Waals surface area contributed by atoms with Gasteiger partial charge in [0.05, 0.1) is 20.3 Å².